The first-order valence-corrected chi connectivity index (χ1v) is 14.2. The van der Waals surface area contributed by atoms with E-state index in [1.165, 1.54) is 11.3 Å². The summed E-state index contributed by atoms with van der Waals surface area (Å²) in [5, 5.41) is 3.15. The highest BCUT2D eigenvalue weighted by atomic mass is 32.2. The number of aryl methyl sites for hydroxylation is 1. The van der Waals surface area contributed by atoms with Crippen molar-refractivity contribution in [3.63, 3.8) is 0 Å². The van der Waals surface area contributed by atoms with Crippen LogP contribution in [0.3, 0.4) is 0 Å². The predicted octanol–water partition coefficient (Wildman–Crippen LogP) is 4.02. The fourth-order valence-electron chi connectivity index (χ4n) is 4.68. The van der Waals surface area contributed by atoms with Gasteiger partial charge in [-0.05, 0) is 43.9 Å². The van der Waals surface area contributed by atoms with Crippen molar-refractivity contribution in [3.8, 4) is 0 Å². The lowest BCUT2D eigenvalue weighted by Gasteiger charge is -2.34. The van der Waals surface area contributed by atoms with Crippen LogP contribution in [0, 0.1) is 6.92 Å². The molecule has 7 nitrogen and oxygen atoms in total. The molecule has 0 aliphatic heterocycles. The van der Waals surface area contributed by atoms with Crippen molar-refractivity contribution in [1.29, 1.82) is 0 Å². The number of para-hydroxylation sites is 1. The summed E-state index contributed by atoms with van der Waals surface area (Å²) in [7, 11) is -3.72. The van der Waals surface area contributed by atoms with Gasteiger partial charge in [-0.2, -0.15) is 0 Å². The van der Waals surface area contributed by atoms with E-state index in [1.807, 2.05) is 38.1 Å². The molecule has 1 atom stereocenters. The number of carbonyl (C=O) groups excluding carboxylic acids is 2. The number of nitrogens with zero attached hydrogens (tertiary/aromatic N) is 2. The van der Waals surface area contributed by atoms with Gasteiger partial charge in [0.2, 0.25) is 21.8 Å². The number of hydrogen-bond donors (Lipinski definition) is 1. The van der Waals surface area contributed by atoms with E-state index in [4.69, 9.17) is 0 Å². The Bertz CT molecular complexity index is 1100. The average molecular weight is 500 g/mol. The summed E-state index contributed by atoms with van der Waals surface area (Å²) in [4.78, 5) is 28.6. The van der Waals surface area contributed by atoms with Gasteiger partial charge in [-0.1, -0.05) is 74.2 Å². The molecule has 1 fully saturated rings. The van der Waals surface area contributed by atoms with Crippen LogP contribution in [-0.4, -0.2) is 50.0 Å². The molecule has 0 saturated heterocycles. The van der Waals surface area contributed by atoms with Crippen molar-refractivity contribution in [2.75, 3.05) is 17.1 Å². The highest BCUT2D eigenvalue weighted by molar-refractivity contribution is 7.92. The van der Waals surface area contributed by atoms with E-state index in [9.17, 15) is 18.0 Å². The molecule has 3 rings (SSSR count). The van der Waals surface area contributed by atoms with Gasteiger partial charge in [-0.3, -0.25) is 13.9 Å². The van der Waals surface area contributed by atoms with Crippen LogP contribution in [0.15, 0.2) is 54.6 Å². The molecule has 0 unspecified atom stereocenters. The summed E-state index contributed by atoms with van der Waals surface area (Å²) in [5.41, 5.74) is 2.36. The number of amides is 2. The lowest BCUT2D eigenvalue weighted by atomic mass is 9.95. The van der Waals surface area contributed by atoms with Gasteiger partial charge < -0.3 is 10.2 Å². The summed E-state index contributed by atoms with van der Waals surface area (Å²) >= 11 is 0. The van der Waals surface area contributed by atoms with E-state index in [2.05, 4.69) is 5.32 Å². The molecule has 1 saturated carbocycles. The van der Waals surface area contributed by atoms with Crippen LogP contribution < -0.4 is 9.62 Å². The van der Waals surface area contributed by atoms with E-state index in [-0.39, 0.29) is 25.0 Å². The monoisotopic (exact) mass is 499 g/mol. The van der Waals surface area contributed by atoms with Crippen LogP contribution in [-0.2, 0) is 26.2 Å². The normalized spacial score (nSPS) is 15.3. The van der Waals surface area contributed by atoms with Crippen LogP contribution in [0.5, 0.6) is 0 Å². The fourth-order valence-corrected chi connectivity index (χ4v) is 5.53. The van der Waals surface area contributed by atoms with E-state index in [0.29, 0.717) is 12.1 Å². The first-order chi connectivity index (χ1) is 16.7. The van der Waals surface area contributed by atoms with E-state index in [1.54, 1.807) is 30.3 Å². The molecule has 0 aromatic heterocycles. The molecule has 2 aromatic carbocycles. The predicted molar refractivity (Wildman–Crippen MR) is 139 cm³/mol. The molecule has 0 bridgehead atoms. The molecule has 2 aromatic rings. The first kappa shape index (κ1) is 26.7. The van der Waals surface area contributed by atoms with Gasteiger partial charge in [0.1, 0.15) is 12.6 Å². The number of hydrogen-bond acceptors (Lipinski definition) is 4. The molecule has 0 radical (unpaired) electrons. The van der Waals surface area contributed by atoms with Crippen molar-refractivity contribution in [2.24, 2.45) is 0 Å². The van der Waals surface area contributed by atoms with Crippen LogP contribution in [0.1, 0.15) is 56.6 Å². The Balaban J connectivity index is 1.89. The highest BCUT2D eigenvalue weighted by Gasteiger charge is 2.32. The smallest absolute Gasteiger partial charge is 0.244 e. The van der Waals surface area contributed by atoms with Crippen molar-refractivity contribution in [3.05, 3.63) is 65.7 Å². The molecule has 1 N–H and O–H groups in total. The van der Waals surface area contributed by atoms with Gasteiger partial charge in [-0.15, -0.1) is 0 Å². The van der Waals surface area contributed by atoms with Crippen molar-refractivity contribution < 1.29 is 18.0 Å². The van der Waals surface area contributed by atoms with Crippen LogP contribution >= 0.6 is 0 Å². The largest absolute Gasteiger partial charge is 0.352 e. The third kappa shape index (κ3) is 7.56. The van der Waals surface area contributed by atoms with Gasteiger partial charge >= 0.3 is 0 Å². The quantitative estimate of drug-likeness (QED) is 0.535. The van der Waals surface area contributed by atoms with Crippen molar-refractivity contribution in [1.82, 2.24) is 10.2 Å². The van der Waals surface area contributed by atoms with Gasteiger partial charge in [-0.25, -0.2) is 8.42 Å². The Morgan fingerprint density at radius 2 is 1.71 bits per heavy atom. The zero-order chi connectivity index (χ0) is 25.4. The Hall–Kier alpha value is -2.87. The van der Waals surface area contributed by atoms with E-state index in [0.717, 1.165) is 47.4 Å². The average Bonchev–Trinajstić information content (AvgIpc) is 2.82. The number of nitrogens with one attached hydrogen (secondary N) is 1. The summed E-state index contributed by atoms with van der Waals surface area (Å²) in [5.74, 6) is -0.586. The zero-order valence-electron chi connectivity index (χ0n) is 20.9. The molecule has 35 heavy (non-hydrogen) atoms. The second-order valence-electron chi connectivity index (χ2n) is 9.38. The molecule has 0 heterocycles. The van der Waals surface area contributed by atoms with Gasteiger partial charge in [0.15, 0.2) is 0 Å². The topological polar surface area (TPSA) is 86.8 Å². The number of sulfonamides is 1. The Morgan fingerprint density at radius 3 is 2.31 bits per heavy atom. The minimum Gasteiger partial charge on any atom is -0.352 e. The maximum atomic E-state index is 13.7. The van der Waals surface area contributed by atoms with Crippen molar-refractivity contribution in [2.45, 2.75) is 71.0 Å². The van der Waals surface area contributed by atoms with Gasteiger partial charge in [0, 0.05) is 12.6 Å². The molecule has 1 aliphatic rings. The Kier molecular flexibility index (Phi) is 9.32. The number of benzene rings is 2. The second kappa shape index (κ2) is 12.2. The minimum absolute atomic E-state index is 0.123. The molecular weight excluding hydrogens is 462 g/mol. The molecule has 0 spiro atoms. The molecule has 1 aliphatic carbocycles. The number of anilines is 1. The number of rotatable bonds is 10. The second-order valence-corrected chi connectivity index (χ2v) is 11.3. The maximum Gasteiger partial charge on any atom is 0.244 e. The Labute approximate surface area is 209 Å². The Morgan fingerprint density at radius 1 is 1.03 bits per heavy atom. The van der Waals surface area contributed by atoms with Gasteiger partial charge in [0.25, 0.3) is 0 Å². The van der Waals surface area contributed by atoms with Crippen molar-refractivity contribution >= 4 is 27.5 Å². The van der Waals surface area contributed by atoms with Crippen LogP contribution in [0.2, 0.25) is 0 Å². The van der Waals surface area contributed by atoms with Gasteiger partial charge in [0.05, 0.1) is 11.9 Å². The zero-order valence-corrected chi connectivity index (χ0v) is 21.8. The summed E-state index contributed by atoms with van der Waals surface area (Å²) < 4.78 is 26.3. The lowest BCUT2D eigenvalue weighted by Crippen LogP contribution is -2.53. The van der Waals surface area contributed by atoms with E-state index < -0.39 is 22.0 Å². The molecule has 190 valence electrons. The molecular formula is C27H37N3O4S. The minimum atomic E-state index is -3.72. The first-order valence-electron chi connectivity index (χ1n) is 12.4. The molecule has 8 heteroatoms. The summed E-state index contributed by atoms with van der Waals surface area (Å²) in [6.07, 6.45) is 6.78. The maximum absolute atomic E-state index is 13.7. The highest BCUT2D eigenvalue weighted by Crippen LogP contribution is 2.21. The summed E-state index contributed by atoms with van der Waals surface area (Å²) in [6, 6.07) is 15.8. The fraction of sp³-hybridized carbons (Fsp3) is 0.481. The summed E-state index contributed by atoms with van der Waals surface area (Å²) in [6.45, 7) is 3.71. The van der Waals surface area contributed by atoms with E-state index >= 15 is 0 Å². The molecule has 2 amide bonds. The third-order valence-electron chi connectivity index (χ3n) is 6.50. The lowest BCUT2D eigenvalue weighted by molar-refractivity contribution is -0.140. The van der Waals surface area contributed by atoms with Crippen LogP contribution in [0.4, 0.5) is 5.69 Å². The van der Waals surface area contributed by atoms with Crippen LogP contribution in [0.25, 0.3) is 0 Å². The standard InChI is InChI=1S/C27H37N3O4S/c1-4-25(27(32)28-23-14-7-5-8-15-23)29(19-22-13-11-12-21(2)18-22)26(31)20-30(35(3,33)34)24-16-9-6-10-17-24/h6,9-13,16-18,23,25H,4-5,7-8,14-15,19-20H2,1-3H3,(H,28,32)/t25-/m0/s1. The third-order valence-corrected chi connectivity index (χ3v) is 7.64. The number of carbonyl (C=O) groups is 2. The SMILES string of the molecule is CC[C@@H](C(=O)NC1CCCCC1)N(Cc1cccc(C)c1)C(=O)CN(c1ccccc1)S(C)(=O)=O.